The van der Waals surface area contributed by atoms with Gasteiger partial charge in [-0.15, -0.1) is 0 Å². The van der Waals surface area contributed by atoms with E-state index in [1.165, 1.54) is 27.1 Å². The Morgan fingerprint density at radius 3 is 2.29 bits per heavy atom. The summed E-state index contributed by atoms with van der Waals surface area (Å²) in [6.45, 7) is 4.08. The van der Waals surface area contributed by atoms with E-state index in [1.807, 2.05) is 44.2 Å². The first-order chi connectivity index (χ1) is 14.8. The molecule has 0 bridgehead atoms. The summed E-state index contributed by atoms with van der Waals surface area (Å²) in [7, 11) is -3.45. The Morgan fingerprint density at radius 1 is 0.968 bits per heavy atom. The summed E-state index contributed by atoms with van der Waals surface area (Å²) in [4.78, 5) is 12.7. The number of sulfonamides is 1. The summed E-state index contributed by atoms with van der Waals surface area (Å²) in [5.41, 5.74) is 6.01. The number of para-hydroxylation sites is 1. The molecule has 6 heteroatoms. The van der Waals surface area contributed by atoms with Crippen LogP contribution in [0.25, 0.3) is 10.8 Å². The Balaban J connectivity index is 1.46. The standard InChI is InChI=1S/C25H28N2O3S/c1-17-7-4-8-18(2)25(17)27(31(3,29)30)16-6-11-23(28)26-22-15-14-20-13-12-19-9-5-10-21(22)24(19)20/h4-5,7-10,14-15H,6,11-13,16H2,1-3H3,(H,26,28). The van der Waals surface area contributed by atoms with Gasteiger partial charge in [-0.05, 0) is 66.8 Å². The average molecular weight is 437 g/mol. The second-order valence-corrected chi connectivity index (χ2v) is 10.2. The van der Waals surface area contributed by atoms with Crippen LogP contribution in [0.2, 0.25) is 0 Å². The Labute approximate surface area is 184 Å². The van der Waals surface area contributed by atoms with Gasteiger partial charge in [-0.2, -0.15) is 0 Å². The number of anilines is 2. The largest absolute Gasteiger partial charge is 0.326 e. The minimum Gasteiger partial charge on any atom is -0.326 e. The minimum absolute atomic E-state index is 0.103. The van der Waals surface area contributed by atoms with E-state index in [0.717, 1.165) is 35.0 Å². The molecule has 0 atom stereocenters. The number of hydrogen-bond acceptors (Lipinski definition) is 3. The van der Waals surface area contributed by atoms with Crippen molar-refractivity contribution in [3.05, 3.63) is 70.8 Å². The molecule has 1 amide bonds. The Kier molecular flexibility index (Phi) is 5.75. The lowest BCUT2D eigenvalue weighted by Crippen LogP contribution is -2.32. The number of rotatable bonds is 7. The Bertz CT molecular complexity index is 1230. The van der Waals surface area contributed by atoms with Crippen LogP contribution in [0.3, 0.4) is 0 Å². The molecule has 0 unspecified atom stereocenters. The van der Waals surface area contributed by atoms with Gasteiger partial charge in [0.25, 0.3) is 0 Å². The van der Waals surface area contributed by atoms with Gasteiger partial charge in [0.2, 0.25) is 15.9 Å². The van der Waals surface area contributed by atoms with Gasteiger partial charge in [0, 0.05) is 24.0 Å². The van der Waals surface area contributed by atoms with Crippen molar-refractivity contribution < 1.29 is 13.2 Å². The quantitative estimate of drug-likeness (QED) is 0.582. The van der Waals surface area contributed by atoms with Crippen molar-refractivity contribution in [2.75, 3.05) is 22.4 Å². The number of nitrogens with one attached hydrogen (secondary N) is 1. The number of aryl methyl sites for hydroxylation is 4. The van der Waals surface area contributed by atoms with Gasteiger partial charge in [-0.3, -0.25) is 9.10 Å². The number of amides is 1. The van der Waals surface area contributed by atoms with Crippen LogP contribution in [0.5, 0.6) is 0 Å². The fourth-order valence-corrected chi connectivity index (χ4v) is 5.67. The summed E-state index contributed by atoms with van der Waals surface area (Å²) >= 11 is 0. The number of hydrogen-bond donors (Lipinski definition) is 1. The lowest BCUT2D eigenvalue weighted by Gasteiger charge is -2.26. The molecular formula is C25H28N2O3S. The van der Waals surface area contributed by atoms with E-state index in [2.05, 4.69) is 23.5 Å². The zero-order valence-corrected chi connectivity index (χ0v) is 19.1. The van der Waals surface area contributed by atoms with Gasteiger partial charge in [0.1, 0.15) is 0 Å². The van der Waals surface area contributed by atoms with E-state index in [-0.39, 0.29) is 18.9 Å². The molecule has 1 aliphatic rings. The lowest BCUT2D eigenvalue weighted by molar-refractivity contribution is -0.116. The number of benzene rings is 3. The molecule has 0 radical (unpaired) electrons. The lowest BCUT2D eigenvalue weighted by atomic mass is 10.0. The second kappa shape index (κ2) is 8.35. The Hall–Kier alpha value is -2.86. The van der Waals surface area contributed by atoms with Crippen LogP contribution in [0, 0.1) is 13.8 Å². The van der Waals surface area contributed by atoms with Gasteiger partial charge in [-0.1, -0.05) is 42.5 Å². The molecule has 1 aliphatic carbocycles. The molecule has 0 saturated carbocycles. The highest BCUT2D eigenvalue weighted by atomic mass is 32.2. The molecule has 0 heterocycles. The van der Waals surface area contributed by atoms with Crippen LogP contribution in [0.15, 0.2) is 48.5 Å². The van der Waals surface area contributed by atoms with Gasteiger partial charge in [-0.25, -0.2) is 8.42 Å². The number of carbonyl (C=O) groups is 1. The maximum absolute atomic E-state index is 12.7. The van der Waals surface area contributed by atoms with Crippen LogP contribution in [-0.4, -0.2) is 27.1 Å². The van der Waals surface area contributed by atoms with E-state index < -0.39 is 10.0 Å². The van der Waals surface area contributed by atoms with E-state index >= 15 is 0 Å². The van der Waals surface area contributed by atoms with E-state index in [0.29, 0.717) is 12.1 Å². The summed E-state index contributed by atoms with van der Waals surface area (Å²) in [6.07, 6.45) is 3.99. The fourth-order valence-electron chi connectivity index (χ4n) is 4.59. The van der Waals surface area contributed by atoms with Crippen molar-refractivity contribution >= 4 is 38.1 Å². The normalized spacial score (nSPS) is 12.9. The van der Waals surface area contributed by atoms with Gasteiger partial charge < -0.3 is 5.32 Å². The van der Waals surface area contributed by atoms with Crippen molar-refractivity contribution in [1.82, 2.24) is 0 Å². The van der Waals surface area contributed by atoms with Crippen molar-refractivity contribution in [3.63, 3.8) is 0 Å². The van der Waals surface area contributed by atoms with Crippen molar-refractivity contribution in [2.45, 2.75) is 39.5 Å². The molecule has 3 aromatic rings. The molecule has 1 N–H and O–H groups in total. The molecule has 0 spiro atoms. The number of carbonyl (C=O) groups excluding carboxylic acids is 1. The van der Waals surface area contributed by atoms with Crippen molar-refractivity contribution in [3.8, 4) is 0 Å². The smallest absolute Gasteiger partial charge is 0.232 e. The van der Waals surface area contributed by atoms with E-state index in [9.17, 15) is 13.2 Å². The zero-order valence-electron chi connectivity index (χ0n) is 18.2. The first kappa shape index (κ1) is 21.4. The van der Waals surface area contributed by atoms with Gasteiger partial charge in [0.15, 0.2) is 0 Å². The minimum atomic E-state index is -3.45. The molecule has 4 rings (SSSR count). The van der Waals surface area contributed by atoms with Gasteiger partial charge in [0.05, 0.1) is 11.9 Å². The van der Waals surface area contributed by atoms with Crippen LogP contribution in [0.1, 0.15) is 35.1 Å². The highest BCUT2D eigenvalue weighted by Crippen LogP contribution is 2.35. The zero-order chi connectivity index (χ0) is 22.2. The van der Waals surface area contributed by atoms with E-state index in [1.54, 1.807) is 0 Å². The molecule has 0 aliphatic heterocycles. The van der Waals surface area contributed by atoms with Crippen LogP contribution >= 0.6 is 0 Å². The fraction of sp³-hybridized carbons (Fsp3) is 0.320. The maximum Gasteiger partial charge on any atom is 0.232 e. The third-order valence-electron chi connectivity index (χ3n) is 6.01. The monoisotopic (exact) mass is 436 g/mol. The molecule has 3 aromatic carbocycles. The highest BCUT2D eigenvalue weighted by molar-refractivity contribution is 7.92. The van der Waals surface area contributed by atoms with Crippen LogP contribution < -0.4 is 9.62 Å². The third-order valence-corrected chi connectivity index (χ3v) is 7.17. The topological polar surface area (TPSA) is 66.5 Å². The van der Waals surface area contributed by atoms with Crippen molar-refractivity contribution in [1.29, 1.82) is 0 Å². The summed E-state index contributed by atoms with van der Waals surface area (Å²) < 4.78 is 26.3. The molecule has 162 valence electrons. The number of nitrogens with zero attached hydrogens (tertiary/aromatic N) is 1. The molecule has 31 heavy (non-hydrogen) atoms. The first-order valence-electron chi connectivity index (χ1n) is 10.6. The molecule has 0 aromatic heterocycles. The molecule has 5 nitrogen and oxygen atoms in total. The van der Waals surface area contributed by atoms with E-state index in [4.69, 9.17) is 0 Å². The first-order valence-corrected chi connectivity index (χ1v) is 12.5. The van der Waals surface area contributed by atoms with Crippen LogP contribution in [-0.2, 0) is 27.7 Å². The second-order valence-electron chi connectivity index (χ2n) is 8.34. The Morgan fingerprint density at radius 2 is 1.61 bits per heavy atom. The summed E-state index contributed by atoms with van der Waals surface area (Å²) in [5.74, 6) is -0.103. The molecule has 0 fully saturated rings. The predicted octanol–water partition coefficient (Wildman–Crippen LogP) is 4.74. The molecule has 0 saturated heterocycles. The molecular weight excluding hydrogens is 408 g/mol. The average Bonchev–Trinajstić information content (AvgIpc) is 3.12. The summed E-state index contributed by atoms with van der Waals surface area (Å²) in [6, 6.07) is 16.0. The predicted molar refractivity (Wildman–Crippen MR) is 127 cm³/mol. The highest BCUT2D eigenvalue weighted by Gasteiger charge is 2.21. The van der Waals surface area contributed by atoms with Crippen LogP contribution in [0.4, 0.5) is 11.4 Å². The van der Waals surface area contributed by atoms with Gasteiger partial charge >= 0.3 is 0 Å². The third kappa shape index (κ3) is 4.30. The van der Waals surface area contributed by atoms with Crippen molar-refractivity contribution in [2.24, 2.45) is 0 Å². The summed E-state index contributed by atoms with van der Waals surface area (Å²) in [5, 5.41) is 5.38. The SMILES string of the molecule is Cc1cccc(C)c1N(CCCC(=O)Nc1ccc2c3c(cccc13)CC2)S(C)(=O)=O. The maximum atomic E-state index is 12.7.